The molecule has 19 heavy (non-hydrogen) atoms. The summed E-state index contributed by atoms with van der Waals surface area (Å²) in [6, 6.07) is 5.51. The van der Waals surface area contributed by atoms with Gasteiger partial charge in [-0.2, -0.15) is 0 Å². The molecule has 2 rings (SSSR count). The largest absolute Gasteiger partial charge is 0.497 e. The van der Waals surface area contributed by atoms with Gasteiger partial charge in [-0.15, -0.1) is 0 Å². The highest BCUT2D eigenvalue weighted by Crippen LogP contribution is 2.27. The van der Waals surface area contributed by atoms with Gasteiger partial charge in [-0.05, 0) is 42.6 Å². The van der Waals surface area contributed by atoms with Crippen molar-refractivity contribution in [2.24, 2.45) is 0 Å². The number of fused-ring (bicyclic) bond motifs is 1. The van der Waals surface area contributed by atoms with Crippen LogP contribution in [0, 0.1) is 0 Å². The molecular weight excluding hydrogens is 242 g/mol. The number of rotatable bonds is 5. The minimum Gasteiger partial charge on any atom is -0.497 e. The van der Waals surface area contributed by atoms with Crippen LogP contribution in [0.5, 0.6) is 5.75 Å². The van der Waals surface area contributed by atoms with Crippen molar-refractivity contribution in [3.05, 3.63) is 29.3 Å². The van der Waals surface area contributed by atoms with Crippen molar-refractivity contribution in [3.8, 4) is 5.75 Å². The van der Waals surface area contributed by atoms with E-state index < -0.39 is 12.0 Å². The molecule has 0 amide bonds. The molecule has 1 aromatic rings. The first-order valence-corrected chi connectivity index (χ1v) is 6.78. The lowest BCUT2D eigenvalue weighted by molar-refractivity contribution is -0.144. The number of nitrogens with zero attached hydrogens (tertiary/aromatic N) is 1. The van der Waals surface area contributed by atoms with Gasteiger partial charge in [0.2, 0.25) is 0 Å². The number of benzene rings is 1. The lowest BCUT2D eigenvalue weighted by Crippen LogP contribution is -2.45. The van der Waals surface area contributed by atoms with Crippen LogP contribution in [0.1, 0.15) is 30.9 Å². The minimum absolute atomic E-state index is 0.396. The van der Waals surface area contributed by atoms with Crippen LogP contribution in [0.3, 0.4) is 0 Å². The zero-order valence-electron chi connectivity index (χ0n) is 11.6. The second-order valence-corrected chi connectivity index (χ2v) is 5.02. The quantitative estimate of drug-likeness (QED) is 0.885. The van der Waals surface area contributed by atoms with E-state index >= 15 is 0 Å². The fourth-order valence-corrected chi connectivity index (χ4v) is 2.58. The lowest BCUT2D eigenvalue weighted by atomic mass is 9.93. The van der Waals surface area contributed by atoms with Gasteiger partial charge < -0.3 is 9.84 Å². The Kier molecular flexibility index (Phi) is 4.43. The number of unbranched alkanes of at least 4 members (excludes halogenated alkanes) is 1. The number of carboxylic acid groups (broad SMARTS) is 1. The Morgan fingerprint density at radius 1 is 1.47 bits per heavy atom. The Balaban J connectivity index is 2.23. The highest BCUT2D eigenvalue weighted by Gasteiger charge is 2.30. The summed E-state index contributed by atoms with van der Waals surface area (Å²) in [5.41, 5.74) is 2.31. The van der Waals surface area contributed by atoms with E-state index in [0.717, 1.165) is 30.7 Å². The average molecular weight is 263 g/mol. The molecule has 0 aliphatic carbocycles. The molecule has 1 aromatic carbocycles. The maximum Gasteiger partial charge on any atom is 0.321 e. The van der Waals surface area contributed by atoms with Gasteiger partial charge in [0, 0.05) is 6.54 Å². The van der Waals surface area contributed by atoms with Crippen LogP contribution in [-0.4, -0.2) is 35.7 Å². The van der Waals surface area contributed by atoms with Crippen molar-refractivity contribution in [2.75, 3.05) is 13.7 Å². The number of carboxylic acids is 1. The highest BCUT2D eigenvalue weighted by molar-refractivity contribution is 5.74. The number of ether oxygens (including phenoxy) is 1. The molecule has 1 heterocycles. The third kappa shape index (κ3) is 3.07. The number of hydrogen-bond donors (Lipinski definition) is 1. The van der Waals surface area contributed by atoms with E-state index in [2.05, 4.69) is 11.8 Å². The monoisotopic (exact) mass is 263 g/mol. The molecule has 4 nitrogen and oxygen atoms in total. The fraction of sp³-hybridized carbons (Fsp3) is 0.533. The molecular formula is C15H21NO3. The van der Waals surface area contributed by atoms with Crippen LogP contribution < -0.4 is 4.74 Å². The second-order valence-electron chi connectivity index (χ2n) is 5.02. The lowest BCUT2D eigenvalue weighted by Gasteiger charge is -2.34. The topological polar surface area (TPSA) is 49.8 Å². The molecule has 1 N–H and O–H groups in total. The van der Waals surface area contributed by atoms with E-state index in [1.54, 1.807) is 7.11 Å². The highest BCUT2D eigenvalue weighted by atomic mass is 16.5. The molecule has 1 atom stereocenters. The fourth-order valence-electron chi connectivity index (χ4n) is 2.58. The van der Waals surface area contributed by atoms with Gasteiger partial charge in [-0.25, -0.2) is 0 Å². The summed E-state index contributed by atoms with van der Waals surface area (Å²) in [6.07, 6.45) is 2.69. The molecule has 1 aliphatic rings. The first-order valence-electron chi connectivity index (χ1n) is 6.78. The maximum absolute atomic E-state index is 11.4. The zero-order valence-corrected chi connectivity index (χ0v) is 11.6. The first-order chi connectivity index (χ1) is 9.15. The Morgan fingerprint density at radius 3 is 2.89 bits per heavy atom. The molecule has 0 saturated carbocycles. The van der Waals surface area contributed by atoms with Crippen LogP contribution in [0.4, 0.5) is 0 Å². The predicted octanol–water partition coefficient (Wildman–Crippen LogP) is 2.31. The third-order valence-corrected chi connectivity index (χ3v) is 3.72. The van der Waals surface area contributed by atoms with Gasteiger partial charge in [-0.3, -0.25) is 9.69 Å². The second kappa shape index (κ2) is 6.06. The number of methoxy groups -OCH3 is 1. The molecule has 0 bridgehead atoms. The number of hydrogen-bond acceptors (Lipinski definition) is 3. The Hall–Kier alpha value is -1.55. The first kappa shape index (κ1) is 13.9. The maximum atomic E-state index is 11.4. The van der Waals surface area contributed by atoms with E-state index in [0.29, 0.717) is 13.0 Å². The zero-order chi connectivity index (χ0) is 13.8. The molecule has 4 heteroatoms. The smallest absolute Gasteiger partial charge is 0.321 e. The molecule has 0 radical (unpaired) electrons. The van der Waals surface area contributed by atoms with E-state index in [1.807, 2.05) is 18.2 Å². The van der Waals surface area contributed by atoms with E-state index in [1.165, 1.54) is 5.56 Å². The van der Waals surface area contributed by atoms with Crippen molar-refractivity contribution in [2.45, 2.75) is 38.8 Å². The van der Waals surface area contributed by atoms with Gasteiger partial charge in [-0.1, -0.05) is 19.4 Å². The molecule has 104 valence electrons. The predicted molar refractivity (Wildman–Crippen MR) is 73.4 cm³/mol. The normalized spacial score (nSPS) is 18.9. The van der Waals surface area contributed by atoms with Crippen molar-refractivity contribution in [3.63, 3.8) is 0 Å². The standard InChI is InChI=1S/C15H21NO3/c1-3-4-7-16-10-12-8-13(19-2)6-5-11(12)9-14(16)15(17)18/h5-6,8,14H,3-4,7,9-10H2,1-2H3,(H,17,18)/t14-/m0/s1. The summed E-state index contributed by atoms with van der Waals surface area (Å²) in [7, 11) is 1.65. The van der Waals surface area contributed by atoms with E-state index in [-0.39, 0.29) is 0 Å². The van der Waals surface area contributed by atoms with Gasteiger partial charge in [0.05, 0.1) is 7.11 Å². The van der Waals surface area contributed by atoms with Gasteiger partial charge >= 0.3 is 5.97 Å². The Bertz CT molecular complexity index is 459. The van der Waals surface area contributed by atoms with Gasteiger partial charge in [0.1, 0.15) is 11.8 Å². The van der Waals surface area contributed by atoms with Crippen LogP contribution >= 0.6 is 0 Å². The number of carbonyl (C=O) groups is 1. The van der Waals surface area contributed by atoms with Crippen LogP contribution in [0.25, 0.3) is 0 Å². The van der Waals surface area contributed by atoms with Gasteiger partial charge in [0.15, 0.2) is 0 Å². The molecule has 0 spiro atoms. The molecule has 1 aliphatic heterocycles. The van der Waals surface area contributed by atoms with Crippen molar-refractivity contribution >= 4 is 5.97 Å². The summed E-state index contributed by atoms with van der Waals surface area (Å²) in [5.74, 6) is 0.112. The van der Waals surface area contributed by atoms with Crippen molar-refractivity contribution in [1.82, 2.24) is 4.90 Å². The van der Waals surface area contributed by atoms with E-state index in [9.17, 15) is 9.90 Å². The Labute approximate surface area is 114 Å². The van der Waals surface area contributed by atoms with Gasteiger partial charge in [0.25, 0.3) is 0 Å². The average Bonchev–Trinajstić information content (AvgIpc) is 2.43. The van der Waals surface area contributed by atoms with Crippen molar-refractivity contribution in [1.29, 1.82) is 0 Å². The Morgan fingerprint density at radius 2 is 2.26 bits per heavy atom. The molecule has 0 saturated heterocycles. The summed E-state index contributed by atoms with van der Waals surface area (Å²) < 4.78 is 5.24. The molecule has 0 aromatic heterocycles. The summed E-state index contributed by atoms with van der Waals surface area (Å²) in [5, 5.41) is 9.37. The summed E-state index contributed by atoms with van der Waals surface area (Å²) >= 11 is 0. The minimum atomic E-state index is -0.724. The molecule has 0 unspecified atom stereocenters. The van der Waals surface area contributed by atoms with Crippen molar-refractivity contribution < 1.29 is 14.6 Å². The third-order valence-electron chi connectivity index (χ3n) is 3.72. The van der Waals surface area contributed by atoms with Crippen LogP contribution in [0.15, 0.2) is 18.2 Å². The van der Waals surface area contributed by atoms with Crippen LogP contribution in [-0.2, 0) is 17.8 Å². The van der Waals surface area contributed by atoms with Crippen LogP contribution in [0.2, 0.25) is 0 Å². The van der Waals surface area contributed by atoms with E-state index in [4.69, 9.17) is 4.74 Å². The summed E-state index contributed by atoms with van der Waals surface area (Å²) in [6.45, 7) is 3.66. The SMILES string of the molecule is CCCCN1Cc2cc(OC)ccc2C[C@H]1C(=O)O. The summed E-state index contributed by atoms with van der Waals surface area (Å²) in [4.78, 5) is 13.5. The number of aliphatic carboxylic acids is 1. The molecule has 0 fully saturated rings.